The molecule has 66 valence electrons. The van der Waals surface area contributed by atoms with E-state index in [1.165, 1.54) is 0 Å². The van der Waals surface area contributed by atoms with Crippen LogP contribution in [0.5, 0.6) is 0 Å². The molecular weight excluding hydrogens is 143 g/mol. The van der Waals surface area contributed by atoms with Crippen molar-refractivity contribution in [3.8, 4) is 0 Å². The number of alkyl halides is 1. The summed E-state index contributed by atoms with van der Waals surface area (Å²) in [4.78, 5) is 10.2. The molecule has 0 aliphatic heterocycles. The molecule has 0 spiro atoms. The Morgan fingerprint density at radius 2 is 1.91 bits per heavy atom. The van der Waals surface area contributed by atoms with Crippen molar-refractivity contribution in [2.45, 2.75) is 33.1 Å². The average molecular weight is 160 g/mol. The summed E-state index contributed by atoms with van der Waals surface area (Å²) >= 11 is 0. The third-order valence-electron chi connectivity index (χ3n) is 1.95. The SMILES string of the molecule is CC(C=O)CCC(C)CCF. The van der Waals surface area contributed by atoms with E-state index in [2.05, 4.69) is 0 Å². The maximum atomic E-state index is 11.8. The number of aldehydes is 1. The quantitative estimate of drug-likeness (QED) is 0.546. The third-order valence-corrected chi connectivity index (χ3v) is 1.95. The summed E-state index contributed by atoms with van der Waals surface area (Å²) in [5.41, 5.74) is 0. The van der Waals surface area contributed by atoms with Gasteiger partial charge in [0.2, 0.25) is 0 Å². The van der Waals surface area contributed by atoms with Gasteiger partial charge < -0.3 is 4.79 Å². The molecule has 2 heteroatoms. The fourth-order valence-electron chi connectivity index (χ4n) is 0.946. The molecule has 0 aromatic heterocycles. The minimum Gasteiger partial charge on any atom is -0.303 e. The van der Waals surface area contributed by atoms with E-state index in [4.69, 9.17) is 0 Å². The van der Waals surface area contributed by atoms with Crippen molar-refractivity contribution in [2.75, 3.05) is 6.67 Å². The molecule has 0 fully saturated rings. The van der Waals surface area contributed by atoms with Gasteiger partial charge >= 0.3 is 0 Å². The summed E-state index contributed by atoms with van der Waals surface area (Å²) in [5, 5.41) is 0. The zero-order valence-corrected chi connectivity index (χ0v) is 7.35. The highest BCUT2D eigenvalue weighted by molar-refractivity contribution is 5.52. The summed E-state index contributed by atoms with van der Waals surface area (Å²) in [7, 11) is 0. The molecule has 1 nitrogen and oxygen atoms in total. The minimum absolute atomic E-state index is 0.136. The van der Waals surface area contributed by atoms with Crippen molar-refractivity contribution in [2.24, 2.45) is 11.8 Å². The number of carbonyl (C=O) groups excluding carboxylic acids is 1. The van der Waals surface area contributed by atoms with Gasteiger partial charge in [-0.15, -0.1) is 0 Å². The highest BCUT2D eigenvalue weighted by Crippen LogP contribution is 2.13. The Morgan fingerprint density at radius 1 is 1.27 bits per heavy atom. The highest BCUT2D eigenvalue weighted by Gasteiger charge is 2.04. The second kappa shape index (κ2) is 6.32. The van der Waals surface area contributed by atoms with Gasteiger partial charge in [0.1, 0.15) is 6.29 Å². The number of hydrogen-bond acceptors (Lipinski definition) is 1. The Bertz CT molecular complexity index is 104. The lowest BCUT2D eigenvalue weighted by molar-refractivity contribution is -0.110. The first-order valence-electron chi connectivity index (χ1n) is 4.22. The molecule has 0 rings (SSSR count). The summed E-state index contributed by atoms with van der Waals surface area (Å²) in [6, 6.07) is 0. The molecule has 0 amide bonds. The lowest BCUT2D eigenvalue weighted by Gasteiger charge is -2.09. The van der Waals surface area contributed by atoms with E-state index in [0.717, 1.165) is 19.1 Å². The first-order chi connectivity index (χ1) is 5.20. The summed E-state index contributed by atoms with van der Waals surface area (Å²) in [5.74, 6) is 0.555. The van der Waals surface area contributed by atoms with Crippen LogP contribution in [0, 0.1) is 11.8 Å². The standard InChI is InChI=1S/C9H17FO/c1-8(5-6-10)3-4-9(2)7-11/h7-9H,3-6H2,1-2H3. The molecule has 0 aliphatic rings. The first-order valence-corrected chi connectivity index (χ1v) is 4.22. The fourth-order valence-corrected chi connectivity index (χ4v) is 0.946. The van der Waals surface area contributed by atoms with Crippen molar-refractivity contribution in [1.29, 1.82) is 0 Å². The molecule has 0 N–H and O–H groups in total. The van der Waals surface area contributed by atoms with Crippen LogP contribution in [0.4, 0.5) is 4.39 Å². The van der Waals surface area contributed by atoms with E-state index in [1.807, 2.05) is 13.8 Å². The van der Waals surface area contributed by atoms with Gasteiger partial charge in [-0.05, 0) is 25.2 Å². The molecule has 0 radical (unpaired) electrons. The number of hydrogen-bond donors (Lipinski definition) is 0. The maximum Gasteiger partial charge on any atom is 0.122 e. The van der Waals surface area contributed by atoms with Crippen molar-refractivity contribution in [3.63, 3.8) is 0 Å². The predicted molar refractivity (Wildman–Crippen MR) is 44.2 cm³/mol. The molecule has 0 bridgehead atoms. The highest BCUT2D eigenvalue weighted by atomic mass is 19.1. The van der Waals surface area contributed by atoms with Gasteiger partial charge in [0.15, 0.2) is 0 Å². The Labute approximate surface area is 68.0 Å². The number of carbonyl (C=O) groups is 1. The normalized spacial score (nSPS) is 15.9. The Hall–Kier alpha value is -0.400. The average Bonchev–Trinajstić information content (AvgIpc) is 2.01. The zero-order chi connectivity index (χ0) is 8.69. The van der Waals surface area contributed by atoms with Crippen LogP contribution < -0.4 is 0 Å². The largest absolute Gasteiger partial charge is 0.303 e. The van der Waals surface area contributed by atoms with Crippen molar-refractivity contribution < 1.29 is 9.18 Å². The molecule has 0 heterocycles. The maximum absolute atomic E-state index is 11.8. The van der Waals surface area contributed by atoms with Gasteiger partial charge in [-0.2, -0.15) is 0 Å². The Balaban J connectivity index is 3.29. The van der Waals surface area contributed by atoms with Gasteiger partial charge in [-0.25, -0.2) is 0 Å². The summed E-state index contributed by atoms with van der Waals surface area (Å²) < 4.78 is 11.8. The second-order valence-corrected chi connectivity index (χ2v) is 3.27. The van der Waals surface area contributed by atoms with Crippen LogP contribution in [0.1, 0.15) is 33.1 Å². The lowest BCUT2D eigenvalue weighted by atomic mass is 9.97. The summed E-state index contributed by atoms with van der Waals surface area (Å²) in [6.45, 7) is 3.68. The van der Waals surface area contributed by atoms with Gasteiger partial charge in [-0.1, -0.05) is 13.8 Å². The monoisotopic (exact) mass is 160 g/mol. The molecule has 0 saturated carbocycles. The Morgan fingerprint density at radius 3 is 2.36 bits per heavy atom. The molecule has 11 heavy (non-hydrogen) atoms. The van der Waals surface area contributed by atoms with E-state index in [0.29, 0.717) is 12.3 Å². The van der Waals surface area contributed by atoms with Gasteiger partial charge in [-0.3, -0.25) is 4.39 Å². The van der Waals surface area contributed by atoms with Crippen molar-refractivity contribution >= 4 is 6.29 Å². The second-order valence-electron chi connectivity index (χ2n) is 3.27. The number of rotatable bonds is 6. The molecule has 0 aromatic carbocycles. The predicted octanol–water partition coefficient (Wildman–Crippen LogP) is 2.60. The van der Waals surface area contributed by atoms with Crippen molar-refractivity contribution in [3.05, 3.63) is 0 Å². The minimum atomic E-state index is -0.239. The van der Waals surface area contributed by atoms with Crippen LogP contribution in [0.2, 0.25) is 0 Å². The van der Waals surface area contributed by atoms with Crippen LogP contribution in [0.15, 0.2) is 0 Å². The van der Waals surface area contributed by atoms with E-state index >= 15 is 0 Å². The van der Waals surface area contributed by atoms with Crippen LogP contribution in [0.25, 0.3) is 0 Å². The molecule has 2 atom stereocenters. The van der Waals surface area contributed by atoms with E-state index in [-0.39, 0.29) is 12.6 Å². The van der Waals surface area contributed by atoms with Crippen LogP contribution in [-0.2, 0) is 4.79 Å². The van der Waals surface area contributed by atoms with E-state index in [9.17, 15) is 9.18 Å². The van der Waals surface area contributed by atoms with Gasteiger partial charge in [0.05, 0.1) is 6.67 Å². The van der Waals surface area contributed by atoms with Crippen molar-refractivity contribution in [1.82, 2.24) is 0 Å². The van der Waals surface area contributed by atoms with Gasteiger partial charge in [0, 0.05) is 5.92 Å². The molecular formula is C9H17FO. The van der Waals surface area contributed by atoms with Crippen LogP contribution >= 0.6 is 0 Å². The smallest absolute Gasteiger partial charge is 0.122 e. The molecule has 0 aliphatic carbocycles. The molecule has 0 aromatic rings. The van der Waals surface area contributed by atoms with Crippen LogP contribution in [0.3, 0.4) is 0 Å². The lowest BCUT2D eigenvalue weighted by Crippen LogP contribution is -2.01. The van der Waals surface area contributed by atoms with E-state index in [1.54, 1.807) is 0 Å². The Kier molecular flexibility index (Phi) is 6.09. The third kappa shape index (κ3) is 6.02. The van der Waals surface area contributed by atoms with Gasteiger partial charge in [0.25, 0.3) is 0 Å². The first kappa shape index (κ1) is 10.6. The van der Waals surface area contributed by atoms with Crippen LogP contribution in [-0.4, -0.2) is 13.0 Å². The summed E-state index contributed by atoms with van der Waals surface area (Å²) in [6.07, 6.45) is 3.45. The number of halogens is 1. The fraction of sp³-hybridized carbons (Fsp3) is 0.889. The zero-order valence-electron chi connectivity index (χ0n) is 7.35. The van der Waals surface area contributed by atoms with E-state index < -0.39 is 0 Å². The topological polar surface area (TPSA) is 17.1 Å². The molecule has 0 saturated heterocycles. The molecule has 2 unspecified atom stereocenters.